The second kappa shape index (κ2) is 5.44. The van der Waals surface area contributed by atoms with Gasteiger partial charge in [0.1, 0.15) is 11.9 Å². The molecule has 1 heterocycles. The monoisotopic (exact) mass is 252 g/mol. The number of pyridine rings is 1. The Bertz CT molecular complexity index is 454. The molecule has 7 nitrogen and oxygen atoms in total. The lowest BCUT2D eigenvalue weighted by atomic mass is 10.1. The fourth-order valence-electron chi connectivity index (χ4n) is 1.32. The Labute approximate surface area is 105 Å². The predicted octanol–water partition coefficient (Wildman–Crippen LogP) is 1.32. The van der Waals surface area contributed by atoms with Crippen molar-refractivity contribution in [2.45, 2.75) is 26.3 Å². The molecule has 0 saturated heterocycles. The quantitative estimate of drug-likeness (QED) is 0.622. The molecule has 0 radical (unpaired) electrons. The number of nitrogens with one attached hydrogen (secondary N) is 2. The minimum Gasteiger partial charge on any atom is -0.369 e. The van der Waals surface area contributed by atoms with Crippen LogP contribution in [0.15, 0.2) is 18.3 Å². The first kappa shape index (κ1) is 13.9. The summed E-state index contributed by atoms with van der Waals surface area (Å²) in [6.45, 7) is 5.54. The summed E-state index contributed by atoms with van der Waals surface area (Å²) in [5.41, 5.74) is -0.105. The van der Waals surface area contributed by atoms with Gasteiger partial charge in [0, 0.05) is 5.54 Å². The molecule has 0 unspecified atom stereocenters. The SMILES string of the molecule is CC(C)(C)NC(=O)CNc1cccnc1[N+](=O)[O-]. The number of carbonyl (C=O) groups is 1. The standard InChI is InChI=1S/C11H16N4O3/c1-11(2,3)14-9(16)7-13-8-5-4-6-12-10(8)15(17)18/h4-6,13H,7H2,1-3H3,(H,14,16). The van der Waals surface area contributed by atoms with Crippen LogP contribution in [0, 0.1) is 10.1 Å². The van der Waals surface area contributed by atoms with E-state index in [1.54, 1.807) is 6.07 Å². The Balaban J connectivity index is 2.64. The van der Waals surface area contributed by atoms with Crippen molar-refractivity contribution < 1.29 is 9.72 Å². The number of aromatic nitrogens is 1. The van der Waals surface area contributed by atoms with Gasteiger partial charge in [0.05, 0.1) is 6.54 Å². The molecule has 0 aromatic carbocycles. The third kappa shape index (κ3) is 4.36. The molecule has 1 rings (SSSR count). The van der Waals surface area contributed by atoms with E-state index in [9.17, 15) is 14.9 Å². The van der Waals surface area contributed by atoms with Crippen LogP contribution in [-0.2, 0) is 4.79 Å². The zero-order valence-corrected chi connectivity index (χ0v) is 10.6. The van der Waals surface area contributed by atoms with Gasteiger partial charge in [-0.15, -0.1) is 0 Å². The third-order valence-corrected chi connectivity index (χ3v) is 1.91. The van der Waals surface area contributed by atoms with Crippen LogP contribution in [0.2, 0.25) is 0 Å². The van der Waals surface area contributed by atoms with Crippen molar-refractivity contribution in [1.29, 1.82) is 0 Å². The van der Waals surface area contributed by atoms with Gasteiger partial charge in [0.2, 0.25) is 5.91 Å². The lowest BCUT2D eigenvalue weighted by Gasteiger charge is -2.20. The second-order valence-corrected chi connectivity index (χ2v) is 4.78. The van der Waals surface area contributed by atoms with E-state index in [-0.39, 0.29) is 29.5 Å². The highest BCUT2D eigenvalue weighted by Crippen LogP contribution is 2.19. The van der Waals surface area contributed by atoms with Crippen molar-refractivity contribution in [3.63, 3.8) is 0 Å². The zero-order chi connectivity index (χ0) is 13.8. The molecule has 1 aromatic heterocycles. The van der Waals surface area contributed by atoms with Crippen LogP contribution in [-0.4, -0.2) is 27.9 Å². The van der Waals surface area contributed by atoms with Crippen LogP contribution < -0.4 is 10.6 Å². The summed E-state index contributed by atoms with van der Waals surface area (Å²) in [5, 5.41) is 16.1. The molecule has 0 saturated carbocycles. The normalized spacial score (nSPS) is 10.8. The first-order chi connectivity index (χ1) is 8.29. The largest absolute Gasteiger partial charge is 0.386 e. The number of carbonyl (C=O) groups excluding carboxylic acids is 1. The Kier molecular flexibility index (Phi) is 4.19. The molecule has 0 spiro atoms. The maximum atomic E-state index is 11.5. The minimum absolute atomic E-state index is 0.0379. The summed E-state index contributed by atoms with van der Waals surface area (Å²) in [6, 6.07) is 3.08. The van der Waals surface area contributed by atoms with Gasteiger partial charge in [-0.05, 0) is 42.8 Å². The number of anilines is 1. The van der Waals surface area contributed by atoms with Crippen LogP contribution in [0.5, 0.6) is 0 Å². The van der Waals surface area contributed by atoms with Crippen molar-refractivity contribution in [1.82, 2.24) is 10.3 Å². The molecule has 0 atom stereocenters. The van der Waals surface area contributed by atoms with E-state index in [1.807, 2.05) is 20.8 Å². The van der Waals surface area contributed by atoms with Gasteiger partial charge in [0.15, 0.2) is 0 Å². The van der Waals surface area contributed by atoms with Crippen molar-refractivity contribution in [2.24, 2.45) is 0 Å². The number of nitro groups is 1. The van der Waals surface area contributed by atoms with Crippen molar-refractivity contribution in [3.05, 3.63) is 28.4 Å². The minimum atomic E-state index is -0.593. The highest BCUT2D eigenvalue weighted by atomic mass is 16.6. The van der Waals surface area contributed by atoms with Crippen LogP contribution in [0.25, 0.3) is 0 Å². The molecule has 0 bridgehead atoms. The van der Waals surface area contributed by atoms with Gasteiger partial charge in [-0.1, -0.05) is 0 Å². The van der Waals surface area contributed by atoms with E-state index in [4.69, 9.17) is 0 Å². The number of hydrogen-bond donors (Lipinski definition) is 2. The number of amides is 1. The molecule has 0 aliphatic rings. The number of hydrogen-bond acceptors (Lipinski definition) is 5. The summed E-state index contributed by atoms with van der Waals surface area (Å²) in [7, 11) is 0. The Morgan fingerprint density at radius 2 is 2.17 bits per heavy atom. The van der Waals surface area contributed by atoms with Gasteiger partial charge in [-0.25, -0.2) is 0 Å². The first-order valence-corrected chi connectivity index (χ1v) is 5.44. The Morgan fingerprint density at radius 3 is 2.72 bits per heavy atom. The first-order valence-electron chi connectivity index (χ1n) is 5.44. The smallest absolute Gasteiger partial charge is 0.369 e. The van der Waals surface area contributed by atoms with E-state index in [0.29, 0.717) is 0 Å². The summed E-state index contributed by atoms with van der Waals surface area (Å²) < 4.78 is 0. The zero-order valence-electron chi connectivity index (χ0n) is 10.6. The molecule has 0 fully saturated rings. The number of rotatable bonds is 4. The fraction of sp³-hybridized carbons (Fsp3) is 0.455. The molecule has 18 heavy (non-hydrogen) atoms. The second-order valence-electron chi connectivity index (χ2n) is 4.78. The average molecular weight is 252 g/mol. The molecule has 1 amide bonds. The molecular formula is C11H16N4O3. The van der Waals surface area contributed by atoms with Crippen LogP contribution in [0.3, 0.4) is 0 Å². The Morgan fingerprint density at radius 1 is 1.50 bits per heavy atom. The Hall–Kier alpha value is -2.18. The highest BCUT2D eigenvalue weighted by molar-refractivity contribution is 5.81. The van der Waals surface area contributed by atoms with Crippen LogP contribution in [0.1, 0.15) is 20.8 Å². The van der Waals surface area contributed by atoms with Gasteiger partial charge in [0.25, 0.3) is 0 Å². The number of nitrogens with zero attached hydrogens (tertiary/aromatic N) is 2. The lowest BCUT2D eigenvalue weighted by Crippen LogP contribution is -2.43. The maximum absolute atomic E-state index is 11.5. The molecule has 7 heteroatoms. The van der Waals surface area contributed by atoms with Crippen LogP contribution in [0.4, 0.5) is 11.5 Å². The molecule has 0 aliphatic carbocycles. The molecule has 0 aliphatic heterocycles. The lowest BCUT2D eigenvalue weighted by molar-refractivity contribution is -0.388. The summed E-state index contributed by atoms with van der Waals surface area (Å²) >= 11 is 0. The molecular weight excluding hydrogens is 236 g/mol. The van der Waals surface area contributed by atoms with Crippen molar-refractivity contribution in [3.8, 4) is 0 Å². The molecule has 2 N–H and O–H groups in total. The van der Waals surface area contributed by atoms with Crippen molar-refractivity contribution in [2.75, 3.05) is 11.9 Å². The fourth-order valence-corrected chi connectivity index (χ4v) is 1.32. The van der Waals surface area contributed by atoms with Crippen molar-refractivity contribution >= 4 is 17.4 Å². The van der Waals surface area contributed by atoms with Gasteiger partial charge >= 0.3 is 5.82 Å². The average Bonchev–Trinajstić information content (AvgIpc) is 2.24. The molecule has 98 valence electrons. The predicted molar refractivity (Wildman–Crippen MR) is 67.3 cm³/mol. The summed E-state index contributed by atoms with van der Waals surface area (Å²) in [6.07, 6.45) is 1.33. The van der Waals surface area contributed by atoms with E-state index in [2.05, 4.69) is 15.6 Å². The van der Waals surface area contributed by atoms with E-state index >= 15 is 0 Å². The van der Waals surface area contributed by atoms with Gasteiger partial charge in [-0.3, -0.25) is 4.79 Å². The topological polar surface area (TPSA) is 97.2 Å². The van der Waals surface area contributed by atoms with E-state index in [0.717, 1.165) is 0 Å². The van der Waals surface area contributed by atoms with Gasteiger partial charge < -0.3 is 20.7 Å². The maximum Gasteiger partial charge on any atom is 0.386 e. The summed E-state index contributed by atoms with van der Waals surface area (Å²) in [5.74, 6) is -0.526. The van der Waals surface area contributed by atoms with Gasteiger partial charge in [-0.2, -0.15) is 0 Å². The third-order valence-electron chi connectivity index (χ3n) is 1.91. The van der Waals surface area contributed by atoms with E-state index in [1.165, 1.54) is 12.3 Å². The molecule has 1 aromatic rings. The highest BCUT2D eigenvalue weighted by Gasteiger charge is 2.17. The summed E-state index contributed by atoms with van der Waals surface area (Å²) in [4.78, 5) is 25.3. The van der Waals surface area contributed by atoms with Crippen LogP contribution >= 0.6 is 0 Å². The van der Waals surface area contributed by atoms with E-state index < -0.39 is 4.92 Å².